The van der Waals surface area contributed by atoms with E-state index < -0.39 is 110 Å². The summed E-state index contributed by atoms with van der Waals surface area (Å²) in [5.74, 6) is 0.648. The third kappa shape index (κ3) is 20.0. The largest absolute Gasteiger partial charge is 0.346 e. The number of rotatable bonds is 20. The Morgan fingerprint density at radius 2 is 0.606 bits per heavy atom. The molecular weight excluding hydrogens is 1870 g/mol. The zero-order valence-corrected chi connectivity index (χ0v) is 85.5. The molecule has 16 heterocycles. The lowest BCUT2D eigenvalue weighted by Gasteiger charge is -2.60. The normalized spacial score (nSPS) is 41.2. The van der Waals surface area contributed by atoms with Crippen molar-refractivity contribution >= 4 is 97.3 Å². The van der Waals surface area contributed by atoms with Crippen molar-refractivity contribution < 1.29 is 130 Å². The van der Waals surface area contributed by atoms with Gasteiger partial charge in [-0.25, -0.2) is 72.8 Å². The molecule has 4 N–H and O–H groups in total. The Bertz CT molecular complexity index is 5480. The standard InChI is InChI=1S/C25H34ClNO7S.3C25H35NO7S/c1-14-5-7-18-15(2)21(31-23-25(18)17(14)11-12-24(3,32-23)33-34-25)9-10-22(28)27-20-8-6-16(13-19(20)26)35(4,29)30;1-15-8-9-20-16(2)21(30-23-25(20)19(15)12-13-24(3,31-23)32-33-25)10-11-22(27)26-17-6-5-7-18(14-17)34(4,28)29;2*1-15-9-10-18-16(2)20(30-23-25(18)17(15)13-14-24(3,31-23)32-33-25)11-12-22(27)26-19-7-5-6-8-21(19)34(4,28)29/h6,8,13-15,17-18,21,23H,5,7,9-12H2,1-4H3,(H,27,28);5-7,14-16,19-21,23H,8-13H2,1-4H3,(H,26,27);2*5-8,15-18,20,23H,9-14H2,1-4H3,(H,26,27)/t14-,15-,17+,18+,21-,23-,24-,25-;15-,16-,19+,20+,21-,23-,24-,25-;2*15-,16-,17+,18+,20-,23-,24-,25-/m1111/s1. The quantitative estimate of drug-likeness (QED) is 0.0597. The van der Waals surface area contributed by atoms with Gasteiger partial charge in [0.15, 0.2) is 86.9 Å². The van der Waals surface area contributed by atoms with Crippen molar-refractivity contribution in [2.75, 3.05) is 46.3 Å². The fourth-order valence-electron chi connectivity index (χ4n) is 26.6. The van der Waals surface area contributed by atoms with Crippen molar-refractivity contribution in [1.82, 2.24) is 0 Å². The van der Waals surface area contributed by atoms with E-state index in [4.69, 9.17) is 88.6 Å². The topological polar surface area (TPSA) is 401 Å². The summed E-state index contributed by atoms with van der Waals surface area (Å²) in [6, 6.07) is 23.5. The number of para-hydroxylation sites is 2. The minimum atomic E-state index is -3.45. The van der Waals surface area contributed by atoms with Crippen molar-refractivity contribution in [3.8, 4) is 0 Å². The van der Waals surface area contributed by atoms with E-state index in [1.807, 2.05) is 27.7 Å². The Morgan fingerprint density at radius 3 is 0.898 bits per heavy atom. The van der Waals surface area contributed by atoms with Crippen LogP contribution in [0, 0.1) is 94.7 Å². The van der Waals surface area contributed by atoms with E-state index in [9.17, 15) is 52.8 Å². The predicted molar refractivity (Wildman–Crippen MR) is 502 cm³/mol. The smallest absolute Gasteiger partial charge is 0.224 e. The molecule has 32 atom stereocenters. The molecule has 4 aromatic rings. The molecule has 20 fully saturated rings. The SMILES string of the molecule is C[C@H]1[C@@H](CCC(=O)Nc2ccc(S(C)(=O)=O)cc2Cl)O[C@@H]2O[C@@]3(C)CC[C@H]4[C@H](C)CC[C@@H]1[C@@]24OO3.C[C@H]1[C@@H](CCC(=O)Nc2cccc(S(C)(=O)=O)c2)O[C@@H]2O[C@@]3(C)CC[C@H]4[C@H](C)CC[C@@H]1[C@@]24OO3.C[C@H]1[C@@H](CCC(=O)Nc2ccccc2S(C)(=O)=O)O[C@@H]2O[C@@]3(C)CC[C@H]4[C@H](C)CC[C@@H]1[C@@]24OO3.C[C@H]1[C@@H](CCC(=O)Nc2ccccc2S(C)(=O)=O)O[C@@H]2O[C@@]3(C)CC[C@H]4[C@H](C)CC[C@@H]1[C@@]24OO3. The van der Waals surface area contributed by atoms with Gasteiger partial charge in [-0.2, -0.15) is 0 Å². The van der Waals surface area contributed by atoms with E-state index in [-0.39, 0.29) is 146 Å². The average Bonchev–Trinajstić information content (AvgIpc) is 1.65. The number of ether oxygens (including phenoxy) is 8. The molecule has 0 aromatic heterocycles. The maximum Gasteiger partial charge on any atom is 0.224 e. The van der Waals surface area contributed by atoms with Crippen molar-refractivity contribution in [1.29, 1.82) is 0 Å². The van der Waals surface area contributed by atoms with Crippen LogP contribution >= 0.6 is 11.6 Å². The first-order chi connectivity index (χ1) is 64.5. The first-order valence-corrected chi connectivity index (χ1v) is 57.3. The lowest BCUT2D eigenvalue weighted by molar-refractivity contribution is -0.571. The number of halogens is 1. The second-order valence-electron chi connectivity index (χ2n) is 43.4. The van der Waals surface area contributed by atoms with E-state index >= 15 is 0 Å². The number of amides is 4. The minimum absolute atomic E-state index is 0.108. The summed E-state index contributed by atoms with van der Waals surface area (Å²) in [6.07, 6.45) is 20.4. The molecule has 16 aliphatic heterocycles. The summed E-state index contributed by atoms with van der Waals surface area (Å²) in [4.78, 5) is 99.6. The Balaban J connectivity index is 0.000000127. The minimum Gasteiger partial charge on any atom is -0.346 e. The first kappa shape index (κ1) is 103. The van der Waals surface area contributed by atoms with Crippen LogP contribution in [0.3, 0.4) is 0 Å². The van der Waals surface area contributed by atoms with Gasteiger partial charge in [-0.3, -0.25) is 19.2 Å². The molecule has 4 spiro atoms. The molecule has 4 aliphatic carbocycles. The molecule has 4 aromatic carbocycles. The van der Waals surface area contributed by atoms with Gasteiger partial charge in [-0.05, 0) is 262 Å². The van der Waals surface area contributed by atoms with Crippen molar-refractivity contribution in [3.05, 3.63) is 96.0 Å². The monoisotopic (exact) mass is 2010 g/mol. The number of hydrogen-bond acceptors (Lipinski definition) is 28. The zero-order chi connectivity index (χ0) is 98.1. The Morgan fingerprint density at radius 1 is 0.321 bits per heavy atom. The lowest BCUT2D eigenvalue weighted by Crippen LogP contribution is -2.70. The number of anilines is 4. The molecule has 8 bridgehead atoms. The molecule has 32 nitrogen and oxygen atoms in total. The van der Waals surface area contributed by atoms with Gasteiger partial charge < -0.3 is 59.2 Å². The molecule has 16 saturated heterocycles. The van der Waals surface area contributed by atoms with E-state index in [0.717, 1.165) is 128 Å². The van der Waals surface area contributed by atoms with Crippen molar-refractivity contribution in [2.45, 2.75) is 352 Å². The molecule has 4 saturated carbocycles. The lowest BCUT2D eigenvalue weighted by atomic mass is 9.57. The molecule has 4 amide bonds. The molecule has 0 unspecified atom stereocenters. The molecule has 20 aliphatic rings. The third-order valence-corrected chi connectivity index (χ3v) is 39.0. The van der Waals surface area contributed by atoms with Crippen LogP contribution in [-0.4, -0.2) is 177 Å². The first-order valence-electron chi connectivity index (χ1n) is 49.4. The van der Waals surface area contributed by atoms with Crippen LogP contribution in [0.4, 0.5) is 22.7 Å². The van der Waals surface area contributed by atoms with Gasteiger partial charge in [0.25, 0.3) is 0 Å². The number of benzene rings is 4. The zero-order valence-electron chi connectivity index (χ0n) is 81.4. The highest BCUT2D eigenvalue weighted by Crippen LogP contribution is 2.67. The second-order valence-corrected chi connectivity index (χ2v) is 51.8. The summed E-state index contributed by atoms with van der Waals surface area (Å²) in [6.45, 7) is 25.5. The van der Waals surface area contributed by atoms with Crippen LogP contribution in [0.2, 0.25) is 5.02 Å². The van der Waals surface area contributed by atoms with Gasteiger partial charge in [-0.15, -0.1) is 0 Å². The number of carbonyl (C=O) groups excluding carboxylic acids is 4. The fraction of sp³-hybridized carbons (Fsp3) is 0.720. The maximum atomic E-state index is 12.8. The van der Waals surface area contributed by atoms with E-state index in [1.54, 1.807) is 48.5 Å². The van der Waals surface area contributed by atoms with Crippen LogP contribution in [0.5, 0.6) is 0 Å². The van der Waals surface area contributed by atoms with Gasteiger partial charge in [0.1, 0.15) is 0 Å². The summed E-state index contributed by atoms with van der Waals surface area (Å²) in [5.41, 5.74) is -0.972. The third-order valence-electron chi connectivity index (χ3n) is 34.1. The van der Waals surface area contributed by atoms with Crippen molar-refractivity contribution in [3.63, 3.8) is 0 Å². The molecule has 37 heteroatoms. The van der Waals surface area contributed by atoms with Gasteiger partial charge in [0, 0.05) is 106 Å². The summed E-state index contributed by atoms with van der Waals surface area (Å²) >= 11 is 6.22. The van der Waals surface area contributed by atoms with Gasteiger partial charge in [0.2, 0.25) is 46.8 Å². The average molecular weight is 2010 g/mol. The van der Waals surface area contributed by atoms with Gasteiger partial charge in [-0.1, -0.05) is 97.3 Å². The number of carbonyl (C=O) groups is 4. The van der Waals surface area contributed by atoms with Crippen LogP contribution < -0.4 is 21.3 Å². The van der Waals surface area contributed by atoms with Crippen LogP contribution in [0.1, 0.15) is 237 Å². The number of nitrogens with one attached hydrogen (secondary N) is 4. The van der Waals surface area contributed by atoms with E-state index in [1.165, 1.54) is 42.5 Å². The number of sulfone groups is 4. The Kier molecular flexibility index (Phi) is 29.2. The highest BCUT2D eigenvalue weighted by atomic mass is 35.5. The number of hydrogen-bond donors (Lipinski definition) is 4. The second kappa shape index (κ2) is 39.0. The van der Waals surface area contributed by atoms with E-state index in [0.29, 0.717) is 95.8 Å². The van der Waals surface area contributed by atoms with Gasteiger partial charge in [0.05, 0.1) is 66.1 Å². The maximum absolute atomic E-state index is 12.8. The fourth-order valence-corrected chi connectivity index (χ4v) is 29.9. The van der Waals surface area contributed by atoms with Crippen LogP contribution in [0.15, 0.2) is 111 Å². The summed E-state index contributed by atoms with van der Waals surface area (Å²) < 4.78 is 147. The molecule has 24 rings (SSSR count). The highest BCUT2D eigenvalue weighted by molar-refractivity contribution is 7.91. The van der Waals surface area contributed by atoms with Gasteiger partial charge >= 0.3 is 0 Å². The molecule has 758 valence electrons. The number of fused-ring (bicyclic) bond motifs is 8. The van der Waals surface area contributed by atoms with E-state index in [2.05, 4.69) is 76.7 Å². The molecular formula is C100H139ClN4O28S4. The van der Waals surface area contributed by atoms with Crippen LogP contribution in [0.25, 0.3) is 0 Å². The van der Waals surface area contributed by atoms with Crippen molar-refractivity contribution in [2.24, 2.45) is 94.7 Å². The summed E-state index contributed by atoms with van der Waals surface area (Å²) in [7, 11) is -13.6. The molecule has 0 radical (unpaired) electrons. The summed E-state index contributed by atoms with van der Waals surface area (Å²) in [5, 5.41) is 11.3. The Labute approximate surface area is 810 Å². The predicted octanol–water partition coefficient (Wildman–Crippen LogP) is 16.9. The Hall–Kier alpha value is -5.79. The molecule has 137 heavy (non-hydrogen) atoms. The highest BCUT2D eigenvalue weighted by Gasteiger charge is 2.74. The van der Waals surface area contributed by atoms with Crippen LogP contribution in [-0.2, 0) is 136 Å².